The van der Waals surface area contributed by atoms with E-state index in [1.54, 1.807) is 49.5 Å². The number of likely N-dealkylation sites (tertiary alicyclic amines) is 1. The first-order valence-electron chi connectivity index (χ1n) is 10.3. The van der Waals surface area contributed by atoms with Gasteiger partial charge in [0.25, 0.3) is 0 Å². The molecule has 1 aliphatic heterocycles. The Balaban J connectivity index is 1.95. The van der Waals surface area contributed by atoms with Crippen LogP contribution >= 0.6 is 0 Å². The van der Waals surface area contributed by atoms with E-state index in [-0.39, 0.29) is 18.2 Å². The van der Waals surface area contributed by atoms with Gasteiger partial charge in [0.1, 0.15) is 12.1 Å². The van der Waals surface area contributed by atoms with Gasteiger partial charge in [-0.05, 0) is 37.3 Å². The first-order valence-corrected chi connectivity index (χ1v) is 10.3. The molecule has 2 rings (SSSR count). The second kappa shape index (κ2) is 11.0. The number of hydrogen-bond acceptors (Lipinski definition) is 4. The van der Waals surface area contributed by atoms with Gasteiger partial charge < -0.3 is 20.9 Å². The van der Waals surface area contributed by atoms with Crippen molar-refractivity contribution in [1.82, 2.24) is 15.5 Å². The molecule has 0 radical (unpaired) electrons. The summed E-state index contributed by atoms with van der Waals surface area (Å²) in [6.45, 7) is 3.20. The summed E-state index contributed by atoms with van der Waals surface area (Å²) in [6.07, 6.45) is -4.10. The topological polar surface area (TPSA) is 108 Å². The molecule has 1 aliphatic rings. The Labute approximate surface area is 183 Å². The highest BCUT2D eigenvalue weighted by molar-refractivity contribution is 5.98. The van der Waals surface area contributed by atoms with Crippen LogP contribution in [0, 0.1) is 5.92 Å². The Morgan fingerprint density at radius 3 is 2.38 bits per heavy atom. The van der Waals surface area contributed by atoms with E-state index in [0.29, 0.717) is 25.1 Å². The van der Waals surface area contributed by atoms with Crippen LogP contribution in [0.2, 0.25) is 0 Å². The Morgan fingerprint density at radius 2 is 1.78 bits per heavy atom. The highest BCUT2D eigenvalue weighted by Gasteiger charge is 2.41. The molecule has 176 valence electrons. The third-order valence-corrected chi connectivity index (χ3v) is 4.92. The number of carbonyl (C=O) groups excluding carboxylic acids is 4. The lowest BCUT2D eigenvalue weighted by atomic mass is 10.0. The zero-order valence-electron chi connectivity index (χ0n) is 17.9. The summed E-state index contributed by atoms with van der Waals surface area (Å²) in [6, 6.07) is 6.59. The molecule has 1 saturated heterocycles. The quantitative estimate of drug-likeness (QED) is 0.555. The first-order chi connectivity index (χ1) is 15.0. The smallest absolute Gasteiger partial charge is 0.345 e. The number of nitrogens with zero attached hydrogens (tertiary/aromatic N) is 1. The molecule has 3 N–H and O–H groups in total. The second-order valence-electron chi connectivity index (χ2n) is 7.97. The monoisotopic (exact) mass is 456 g/mol. The van der Waals surface area contributed by atoms with Crippen LogP contribution in [0.3, 0.4) is 0 Å². The van der Waals surface area contributed by atoms with Crippen LogP contribution in [0.15, 0.2) is 30.3 Å². The standard InChI is InChI=1S/C21H27F3N4O4/c1-13(2)11-15(27-20(32)21(22,23)24)18(30)25-12-17(29)28-10-6-9-16(28)19(31)26-14-7-4-3-5-8-14/h3-5,7-8,13,15-16H,6,9-12H2,1-2H3,(H,25,30)(H,26,31)(H,27,32)/t15-,16-/m0/s1. The normalized spacial score (nSPS) is 17.1. The Morgan fingerprint density at radius 1 is 1.12 bits per heavy atom. The summed E-state index contributed by atoms with van der Waals surface area (Å²) >= 11 is 0. The highest BCUT2D eigenvalue weighted by Crippen LogP contribution is 2.20. The van der Waals surface area contributed by atoms with Gasteiger partial charge in [0, 0.05) is 12.2 Å². The maximum atomic E-state index is 12.6. The number of anilines is 1. The van der Waals surface area contributed by atoms with E-state index in [2.05, 4.69) is 10.6 Å². The molecule has 0 aliphatic carbocycles. The van der Waals surface area contributed by atoms with Crippen molar-refractivity contribution in [2.75, 3.05) is 18.4 Å². The van der Waals surface area contributed by atoms with E-state index in [1.807, 2.05) is 0 Å². The van der Waals surface area contributed by atoms with Gasteiger partial charge >= 0.3 is 12.1 Å². The zero-order chi connectivity index (χ0) is 23.9. The number of benzene rings is 1. The number of halogens is 3. The number of carbonyl (C=O) groups is 4. The van der Waals surface area contributed by atoms with Crippen LogP contribution in [0.25, 0.3) is 0 Å². The maximum absolute atomic E-state index is 12.6. The maximum Gasteiger partial charge on any atom is 0.471 e. The molecule has 4 amide bonds. The third-order valence-electron chi connectivity index (χ3n) is 4.92. The van der Waals surface area contributed by atoms with Gasteiger partial charge in [0.15, 0.2) is 0 Å². The fourth-order valence-electron chi connectivity index (χ4n) is 3.42. The highest BCUT2D eigenvalue weighted by atomic mass is 19.4. The number of para-hydroxylation sites is 1. The van der Waals surface area contributed by atoms with Gasteiger partial charge in [-0.1, -0.05) is 32.0 Å². The number of amides is 4. The molecule has 8 nitrogen and oxygen atoms in total. The molecule has 1 aromatic carbocycles. The Kier molecular flexibility index (Phi) is 8.62. The molecule has 1 aromatic rings. The average Bonchev–Trinajstić information content (AvgIpc) is 3.21. The van der Waals surface area contributed by atoms with E-state index >= 15 is 0 Å². The molecular formula is C21H27F3N4O4. The number of alkyl halides is 3. The van der Waals surface area contributed by atoms with E-state index in [1.165, 1.54) is 4.90 Å². The molecule has 0 saturated carbocycles. The van der Waals surface area contributed by atoms with Crippen molar-refractivity contribution < 1.29 is 32.3 Å². The van der Waals surface area contributed by atoms with Crippen molar-refractivity contribution >= 4 is 29.3 Å². The SMILES string of the molecule is CC(C)C[C@H](NC(=O)C(F)(F)F)C(=O)NCC(=O)N1CCC[C@H]1C(=O)Nc1ccccc1. The van der Waals surface area contributed by atoms with Gasteiger partial charge in [-0.2, -0.15) is 13.2 Å². The van der Waals surface area contributed by atoms with Crippen LogP contribution in [0.1, 0.15) is 33.1 Å². The summed E-state index contributed by atoms with van der Waals surface area (Å²) in [7, 11) is 0. The summed E-state index contributed by atoms with van der Waals surface area (Å²) in [5, 5.41) is 6.69. The van der Waals surface area contributed by atoms with E-state index < -0.39 is 42.5 Å². The molecule has 1 fully saturated rings. The molecule has 0 aromatic heterocycles. The van der Waals surface area contributed by atoms with Crippen LogP contribution in [-0.4, -0.2) is 59.9 Å². The third kappa shape index (κ3) is 7.24. The largest absolute Gasteiger partial charge is 0.471 e. The molecule has 11 heteroatoms. The lowest BCUT2D eigenvalue weighted by Crippen LogP contribution is -2.53. The molecule has 32 heavy (non-hydrogen) atoms. The summed E-state index contributed by atoms with van der Waals surface area (Å²) in [5.41, 5.74) is 0.585. The lowest BCUT2D eigenvalue weighted by molar-refractivity contribution is -0.174. The minimum atomic E-state index is -5.12. The Hall–Kier alpha value is -3.11. The summed E-state index contributed by atoms with van der Waals surface area (Å²) in [4.78, 5) is 50.1. The molecule has 2 atom stereocenters. The van der Waals surface area contributed by atoms with E-state index in [0.717, 1.165) is 0 Å². The van der Waals surface area contributed by atoms with Crippen molar-refractivity contribution in [3.8, 4) is 0 Å². The van der Waals surface area contributed by atoms with Gasteiger partial charge in [0.2, 0.25) is 17.7 Å². The van der Waals surface area contributed by atoms with Crippen LogP contribution in [0.4, 0.5) is 18.9 Å². The van der Waals surface area contributed by atoms with Gasteiger partial charge in [-0.3, -0.25) is 19.2 Å². The first kappa shape index (κ1) is 25.2. The van der Waals surface area contributed by atoms with Crippen molar-refractivity contribution in [3.05, 3.63) is 30.3 Å². The number of rotatable bonds is 8. The minimum Gasteiger partial charge on any atom is -0.345 e. The van der Waals surface area contributed by atoms with Crippen LogP contribution in [-0.2, 0) is 19.2 Å². The second-order valence-corrected chi connectivity index (χ2v) is 7.97. The Bertz CT molecular complexity index is 830. The van der Waals surface area contributed by atoms with Crippen molar-refractivity contribution in [2.45, 2.75) is 51.4 Å². The fraction of sp³-hybridized carbons (Fsp3) is 0.524. The van der Waals surface area contributed by atoms with Crippen LogP contribution in [0.5, 0.6) is 0 Å². The number of nitrogens with one attached hydrogen (secondary N) is 3. The van der Waals surface area contributed by atoms with Crippen LogP contribution < -0.4 is 16.0 Å². The zero-order valence-corrected chi connectivity index (χ0v) is 17.9. The van der Waals surface area contributed by atoms with Gasteiger partial charge in [0.05, 0.1) is 6.54 Å². The molecule has 0 bridgehead atoms. The number of hydrogen-bond donors (Lipinski definition) is 3. The van der Waals surface area contributed by atoms with Crippen molar-refractivity contribution in [3.63, 3.8) is 0 Å². The predicted octanol–water partition coefficient (Wildman–Crippen LogP) is 1.83. The fourth-order valence-corrected chi connectivity index (χ4v) is 3.42. The predicted molar refractivity (Wildman–Crippen MR) is 110 cm³/mol. The molecule has 0 spiro atoms. The molecule has 0 unspecified atom stereocenters. The summed E-state index contributed by atoms with van der Waals surface area (Å²) < 4.78 is 37.7. The molecule has 1 heterocycles. The van der Waals surface area contributed by atoms with Gasteiger partial charge in [-0.25, -0.2) is 0 Å². The van der Waals surface area contributed by atoms with E-state index in [9.17, 15) is 32.3 Å². The average molecular weight is 456 g/mol. The van der Waals surface area contributed by atoms with Crippen molar-refractivity contribution in [2.24, 2.45) is 5.92 Å². The van der Waals surface area contributed by atoms with Gasteiger partial charge in [-0.15, -0.1) is 0 Å². The van der Waals surface area contributed by atoms with E-state index in [4.69, 9.17) is 0 Å². The van der Waals surface area contributed by atoms with Crippen molar-refractivity contribution in [1.29, 1.82) is 0 Å². The minimum absolute atomic E-state index is 0.0341. The summed E-state index contributed by atoms with van der Waals surface area (Å²) in [5.74, 6) is -4.19. The molecular weight excluding hydrogens is 429 g/mol. The lowest BCUT2D eigenvalue weighted by Gasteiger charge is -2.25.